The average molecular weight is 252 g/mol. The van der Waals surface area contributed by atoms with Crippen molar-refractivity contribution in [2.24, 2.45) is 5.73 Å². The molecule has 1 saturated carbocycles. The van der Waals surface area contributed by atoms with E-state index in [1.807, 2.05) is 18.2 Å². The number of thioether (sulfide) groups is 1. The van der Waals surface area contributed by atoms with Crippen LogP contribution < -0.4 is 5.73 Å². The van der Waals surface area contributed by atoms with E-state index >= 15 is 0 Å². The van der Waals surface area contributed by atoms with E-state index in [0.29, 0.717) is 10.3 Å². The van der Waals surface area contributed by atoms with Gasteiger partial charge in [-0.3, -0.25) is 5.21 Å². The van der Waals surface area contributed by atoms with Crippen molar-refractivity contribution in [3.63, 3.8) is 0 Å². The second-order valence-corrected chi connectivity index (χ2v) is 5.58. The first kappa shape index (κ1) is 12.3. The van der Waals surface area contributed by atoms with Gasteiger partial charge in [-0.25, -0.2) is 9.86 Å². The van der Waals surface area contributed by atoms with Crippen LogP contribution in [0.4, 0.5) is 4.79 Å². The summed E-state index contributed by atoms with van der Waals surface area (Å²) in [5.74, 6) is 0. The van der Waals surface area contributed by atoms with Gasteiger partial charge < -0.3 is 5.73 Å². The van der Waals surface area contributed by atoms with Gasteiger partial charge in [0.2, 0.25) is 0 Å². The molecule has 5 heteroatoms. The highest BCUT2D eigenvalue weighted by atomic mass is 32.2. The number of nitrogens with zero attached hydrogens (tertiary/aromatic N) is 1. The Labute approximate surface area is 105 Å². The number of benzene rings is 1. The third kappa shape index (κ3) is 3.14. The topological polar surface area (TPSA) is 66.6 Å². The normalized spacial score (nSPS) is 23.6. The molecule has 1 aliphatic rings. The number of primary amides is 1. The summed E-state index contributed by atoms with van der Waals surface area (Å²) in [4.78, 5) is 12.1. The third-order valence-electron chi connectivity index (χ3n) is 2.97. The van der Waals surface area contributed by atoms with Crippen LogP contribution in [-0.4, -0.2) is 27.6 Å². The molecular weight excluding hydrogens is 236 g/mol. The molecule has 0 unspecified atom stereocenters. The van der Waals surface area contributed by atoms with Crippen molar-refractivity contribution in [1.29, 1.82) is 0 Å². The van der Waals surface area contributed by atoms with Gasteiger partial charge in [-0.2, -0.15) is 0 Å². The summed E-state index contributed by atoms with van der Waals surface area (Å²) in [5, 5.41) is 10.6. The summed E-state index contributed by atoms with van der Waals surface area (Å²) in [6.45, 7) is 0. The Morgan fingerprint density at radius 3 is 2.71 bits per heavy atom. The number of hydrogen-bond donors (Lipinski definition) is 2. The molecule has 0 aliphatic heterocycles. The maximum atomic E-state index is 10.8. The fraction of sp³-hybridized carbons (Fsp3) is 0.417. The lowest BCUT2D eigenvalue weighted by Gasteiger charge is -2.19. The van der Waals surface area contributed by atoms with Crippen LogP contribution in [0.25, 0.3) is 0 Å². The fourth-order valence-electron chi connectivity index (χ4n) is 2.12. The van der Waals surface area contributed by atoms with Gasteiger partial charge >= 0.3 is 6.03 Å². The second-order valence-electron chi connectivity index (χ2n) is 4.20. The van der Waals surface area contributed by atoms with E-state index in [0.717, 1.165) is 19.3 Å². The zero-order valence-corrected chi connectivity index (χ0v) is 10.3. The lowest BCUT2D eigenvalue weighted by atomic mass is 10.2. The molecule has 0 aromatic heterocycles. The number of hydrogen-bond acceptors (Lipinski definition) is 3. The molecule has 2 atom stereocenters. The number of hydroxylamine groups is 2. The summed E-state index contributed by atoms with van der Waals surface area (Å²) in [6.07, 6.45) is 2.59. The monoisotopic (exact) mass is 252 g/mol. The van der Waals surface area contributed by atoms with Crippen molar-refractivity contribution in [1.82, 2.24) is 5.06 Å². The second kappa shape index (κ2) is 5.42. The lowest BCUT2D eigenvalue weighted by molar-refractivity contribution is -0.0725. The van der Waals surface area contributed by atoms with E-state index in [1.165, 1.54) is 4.90 Å². The molecule has 0 bridgehead atoms. The van der Waals surface area contributed by atoms with Gasteiger partial charge in [0.05, 0.1) is 6.04 Å². The first-order valence-corrected chi connectivity index (χ1v) is 6.54. The molecule has 0 radical (unpaired) electrons. The number of urea groups is 1. The van der Waals surface area contributed by atoms with E-state index in [-0.39, 0.29) is 6.04 Å². The maximum Gasteiger partial charge on any atom is 0.338 e. The zero-order chi connectivity index (χ0) is 12.3. The average Bonchev–Trinajstić information content (AvgIpc) is 2.77. The summed E-state index contributed by atoms with van der Waals surface area (Å²) in [7, 11) is 0. The van der Waals surface area contributed by atoms with Crippen molar-refractivity contribution < 1.29 is 10.0 Å². The molecule has 2 amide bonds. The zero-order valence-electron chi connectivity index (χ0n) is 9.45. The molecule has 1 aromatic rings. The van der Waals surface area contributed by atoms with Crippen LogP contribution >= 0.6 is 11.8 Å². The molecule has 1 aliphatic carbocycles. The van der Waals surface area contributed by atoms with Gasteiger partial charge in [-0.15, -0.1) is 11.8 Å². The van der Waals surface area contributed by atoms with Gasteiger partial charge in [-0.1, -0.05) is 18.2 Å². The Balaban J connectivity index is 1.88. The Morgan fingerprint density at radius 2 is 2.06 bits per heavy atom. The predicted molar refractivity (Wildman–Crippen MR) is 66.9 cm³/mol. The Hall–Kier alpha value is -1.20. The SMILES string of the molecule is NC(=O)N(O)[C@H]1CC[C@H](Sc2ccccc2)C1. The van der Waals surface area contributed by atoms with Crippen molar-refractivity contribution in [2.45, 2.75) is 35.4 Å². The largest absolute Gasteiger partial charge is 0.350 e. The van der Waals surface area contributed by atoms with Gasteiger partial charge in [0, 0.05) is 10.1 Å². The smallest absolute Gasteiger partial charge is 0.338 e. The number of rotatable bonds is 3. The lowest BCUT2D eigenvalue weighted by Crippen LogP contribution is -2.39. The Kier molecular flexibility index (Phi) is 3.91. The van der Waals surface area contributed by atoms with E-state index in [2.05, 4.69) is 12.1 Å². The number of carbonyl (C=O) groups is 1. The molecule has 0 saturated heterocycles. The first-order chi connectivity index (χ1) is 8.16. The number of amides is 2. The van der Waals surface area contributed by atoms with E-state index in [1.54, 1.807) is 11.8 Å². The van der Waals surface area contributed by atoms with Crippen LogP contribution in [0, 0.1) is 0 Å². The molecule has 1 fully saturated rings. The van der Waals surface area contributed by atoms with Gasteiger partial charge in [0.25, 0.3) is 0 Å². The minimum Gasteiger partial charge on any atom is -0.350 e. The highest BCUT2D eigenvalue weighted by Gasteiger charge is 2.31. The fourth-order valence-corrected chi connectivity index (χ4v) is 3.39. The van der Waals surface area contributed by atoms with E-state index in [9.17, 15) is 10.0 Å². The summed E-state index contributed by atoms with van der Waals surface area (Å²) in [6, 6.07) is 9.26. The van der Waals surface area contributed by atoms with Gasteiger partial charge in [-0.05, 0) is 31.4 Å². The van der Waals surface area contributed by atoms with Gasteiger partial charge in [0.15, 0.2) is 0 Å². The van der Waals surface area contributed by atoms with Crippen LogP contribution in [0.2, 0.25) is 0 Å². The molecule has 1 aromatic carbocycles. The van der Waals surface area contributed by atoms with Crippen molar-refractivity contribution in [3.05, 3.63) is 30.3 Å². The van der Waals surface area contributed by atoms with Crippen LogP contribution in [-0.2, 0) is 0 Å². The molecule has 3 N–H and O–H groups in total. The molecule has 0 spiro atoms. The van der Waals surface area contributed by atoms with Crippen LogP contribution in [0.5, 0.6) is 0 Å². The molecule has 4 nitrogen and oxygen atoms in total. The van der Waals surface area contributed by atoms with Crippen LogP contribution in [0.1, 0.15) is 19.3 Å². The highest BCUT2D eigenvalue weighted by molar-refractivity contribution is 8.00. The molecule has 17 heavy (non-hydrogen) atoms. The third-order valence-corrected chi connectivity index (χ3v) is 4.28. The first-order valence-electron chi connectivity index (χ1n) is 5.66. The minimum atomic E-state index is -0.764. The summed E-state index contributed by atoms with van der Waals surface area (Å²) in [5.41, 5.74) is 5.04. The quantitative estimate of drug-likeness (QED) is 0.641. The molecule has 0 heterocycles. The van der Waals surface area contributed by atoms with Crippen molar-refractivity contribution in [2.75, 3.05) is 0 Å². The molecular formula is C12H16N2O2S. The Morgan fingerprint density at radius 1 is 1.35 bits per heavy atom. The van der Waals surface area contributed by atoms with Crippen molar-refractivity contribution >= 4 is 17.8 Å². The summed E-state index contributed by atoms with van der Waals surface area (Å²) >= 11 is 1.79. The van der Waals surface area contributed by atoms with Crippen LogP contribution in [0.3, 0.4) is 0 Å². The molecule has 2 rings (SSSR count). The number of nitrogens with two attached hydrogens (primary N) is 1. The van der Waals surface area contributed by atoms with E-state index < -0.39 is 6.03 Å². The standard InChI is InChI=1S/C12H16N2O2S/c13-12(15)14(16)9-6-7-11(8-9)17-10-4-2-1-3-5-10/h1-5,9,11,16H,6-8H2,(H2,13,15)/t9-,11-/m0/s1. The van der Waals surface area contributed by atoms with Crippen LogP contribution in [0.15, 0.2) is 35.2 Å². The summed E-state index contributed by atoms with van der Waals surface area (Å²) < 4.78 is 0. The van der Waals surface area contributed by atoms with Gasteiger partial charge in [0.1, 0.15) is 0 Å². The highest BCUT2D eigenvalue weighted by Crippen LogP contribution is 2.36. The number of carbonyl (C=O) groups excluding carboxylic acids is 1. The minimum absolute atomic E-state index is 0.131. The molecule has 92 valence electrons. The predicted octanol–water partition coefficient (Wildman–Crippen LogP) is 2.47. The Bertz CT molecular complexity index is 385. The van der Waals surface area contributed by atoms with E-state index in [4.69, 9.17) is 5.73 Å². The maximum absolute atomic E-state index is 10.8. The van der Waals surface area contributed by atoms with Crippen molar-refractivity contribution in [3.8, 4) is 0 Å².